The molecule has 0 saturated carbocycles. The van der Waals surface area contributed by atoms with E-state index >= 15 is 0 Å². The Hall–Kier alpha value is -1.28. The van der Waals surface area contributed by atoms with Gasteiger partial charge in [-0.25, -0.2) is 4.39 Å². The molecule has 0 N–H and O–H groups in total. The molecular weight excluding hydrogens is 195 g/mol. The Balaban J connectivity index is 2.40. The van der Waals surface area contributed by atoms with Crippen molar-refractivity contribution in [3.63, 3.8) is 0 Å². The van der Waals surface area contributed by atoms with E-state index in [1.54, 1.807) is 12.1 Å². The van der Waals surface area contributed by atoms with Crippen molar-refractivity contribution < 1.29 is 4.39 Å². The van der Waals surface area contributed by atoms with Crippen LogP contribution in [0.15, 0.2) is 53.4 Å². The zero-order valence-corrected chi connectivity index (χ0v) is 8.34. The molecule has 0 bridgehead atoms. The first-order valence-electron chi connectivity index (χ1n) is 4.31. The normalized spacial score (nSPS) is 10.1. The molecular formula is C12H9FS. The summed E-state index contributed by atoms with van der Waals surface area (Å²) in [5.41, 5.74) is 2.09. The summed E-state index contributed by atoms with van der Waals surface area (Å²) in [5, 5.41) is 0. The summed E-state index contributed by atoms with van der Waals surface area (Å²) in [6, 6.07) is 14.2. The van der Waals surface area contributed by atoms with Crippen molar-refractivity contribution in [2.75, 3.05) is 0 Å². The molecule has 0 aliphatic carbocycles. The van der Waals surface area contributed by atoms with Gasteiger partial charge in [0, 0.05) is 4.90 Å². The van der Waals surface area contributed by atoms with E-state index in [-0.39, 0.29) is 5.82 Å². The van der Waals surface area contributed by atoms with Crippen LogP contribution >= 0.6 is 12.6 Å². The highest BCUT2D eigenvalue weighted by molar-refractivity contribution is 7.80. The van der Waals surface area contributed by atoms with E-state index in [0.29, 0.717) is 0 Å². The molecule has 2 aromatic rings. The number of rotatable bonds is 1. The Morgan fingerprint density at radius 1 is 0.714 bits per heavy atom. The number of halogens is 1. The fraction of sp³-hybridized carbons (Fsp3) is 0. The molecule has 0 spiro atoms. The highest BCUT2D eigenvalue weighted by Gasteiger charge is 1.96. The van der Waals surface area contributed by atoms with Crippen LogP contribution in [-0.2, 0) is 0 Å². The van der Waals surface area contributed by atoms with Gasteiger partial charge in [0.25, 0.3) is 0 Å². The minimum atomic E-state index is -0.209. The van der Waals surface area contributed by atoms with Gasteiger partial charge in [-0.15, -0.1) is 12.6 Å². The minimum absolute atomic E-state index is 0.209. The molecule has 70 valence electrons. The number of thiol groups is 1. The van der Waals surface area contributed by atoms with E-state index < -0.39 is 0 Å². The van der Waals surface area contributed by atoms with Crippen LogP contribution in [0.2, 0.25) is 0 Å². The Labute approximate surface area is 87.8 Å². The summed E-state index contributed by atoms with van der Waals surface area (Å²) < 4.78 is 12.7. The molecule has 2 heteroatoms. The van der Waals surface area contributed by atoms with Crippen LogP contribution in [0.1, 0.15) is 0 Å². The lowest BCUT2D eigenvalue weighted by molar-refractivity contribution is 0.628. The standard InChI is InChI=1S/C12H9FS/c13-11-5-1-9(2-6-11)10-3-7-12(14)8-4-10/h1-8,14H. The van der Waals surface area contributed by atoms with Crippen LogP contribution in [0.25, 0.3) is 11.1 Å². The quantitative estimate of drug-likeness (QED) is 0.671. The van der Waals surface area contributed by atoms with E-state index in [0.717, 1.165) is 16.0 Å². The molecule has 2 rings (SSSR count). The third-order valence-electron chi connectivity index (χ3n) is 2.04. The predicted molar refractivity (Wildman–Crippen MR) is 59.1 cm³/mol. The zero-order chi connectivity index (χ0) is 9.97. The molecule has 0 aliphatic rings. The Bertz CT molecular complexity index is 374. The lowest BCUT2D eigenvalue weighted by Crippen LogP contribution is -1.78. The van der Waals surface area contributed by atoms with Crippen LogP contribution in [0.3, 0.4) is 0 Å². The van der Waals surface area contributed by atoms with Crippen LogP contribution in [0.4, 0.5) is 4.39 Å². The minimum Gasteiger partial charge on any atom is -0.207 e. The second-order valence-corrected chi connectivity index (χ2v) is 3.57. The van der Waals surface area contributed by atoms with Crippen LogP contribution in [-0.4, -0.2) is 0 Å². The topological polar surface area (TPSA) is 0 Å². The summed E-state index contributed by atoms with van der Waals surface area (Å²) in [4.78, 5) is 0.927. The SMILES string of the molecule is Fc1ccc(-c2ccc(S)cc2)cc1. The first-order valence-corrected chi connectivity index (χ1v) is 4.75. The van der Waals surface area contributed by atoms with Crippen molar-refractivity contribution in [3.05, 3.63) is 54.3 Å². The van der Waals surface area contributed by atoms with Crippen molar-refractivity contribution >= 4 is 12.6 Å². The molecule has 0 unspecified atom stereocenters. The molecule has 0 nitrogen and oxygen atoms in total. The molecule has 0 atom stereocenters. The number of hydrogen-bond acceptors (Lipinski definition) is 1. The van der Waals surface area contributed by atoms with Gasteiger partial charge < -0.3 is 0 Å². The smallest absolute Gasteiger partial charge is 0.123 e. The first kappa shape index (κ1) is 9.28. The third kappa shape index (κ3) is 1.96. The molecule has 0 heterocycles. The average Bonchev–Trinajstić information content (AvgIpc) is 2.21. The van der Waals surface area contributed by atoms with Gasteiger partial charge in [-0.3, -0.25) is 0 Å². The van der Waals surface area contributed by atoms with E-state index in [4.69, 9.17) is 0 Å². The summed E-state index contributed by atoms with van der Waals surface area (Å²) in [6.07, 6.45) is 0. The monoisotopic (exact) mass is 204 g/mol. The van der Waals surface area contributed by atoms with Crippen molar-refractivity contribution in [2.24, 2.45) is 0 Å². The largest absolute Gasteiger partial charge is 0.207 e. The molecule has 0 radical (unpaired) electrons. The van der Waals surface area contributed by atoms with Gasteiger partial charge in [-0.2, -0.15) is 0 Å². The van der Waals surface area contributed by atoms with Crippen LogP contribution < -0.4 is 0 Å². The van der Waals surface area contributed by atoms with Crippen LogP contribution in [0.5, 0.6) is 0 Å². The highest BCUT2D eigenvalue weighted by Crippen LogP contribution is 2.20. The summed E-state index contributed by atoms with van der Waals surface area (Å²) in [5.74, 6) is -0.209. The summed E-state index contributed by atoms with van der Waals surface area (Å²) in [7, 11) is 0. The molecule has 0 aromatic heterocycles. The van der Waals surface area contributed by atoms with E-state index in [9.17, 15) is 4.39 Å². The summed E-state index contributed by atoms with van der Waals surface area (Å²) in [6.45, 7) is 0. The summed E-state index contributed by atoms with van der Waals surface area (Å²) >= 11 is 4.20. The lowest BCUT2D eigenvalue weighted by Gasteiger charge is -2.01. The maximum atomic E-state index is 12.7. The number of hydrogen-bond donors (Lipinski definition) is 1. The van der Waals surface area contributed by atoms with Crippen molar-refractivity contribution in [3.8, 4) is 11.1 Å². The second kappa shape index (κ2) is 3.84. The molecule has 2 aromatic carbocycles. The van der Waals surface area contributed by atoms with E-state index in [1.165, 1.54) is 12.1 Å². The Morgan fingerprint density at radius 3 is 1.64 bits per heavy atom. The first-order chi connectivity index (χ1) is 6.75. The lowest BCUT2D eigenvalue weighted by atomic mass is 10.1. The van der Waals surface area contributed by atoms with Gasteiger partial charge in [0.2, 0.25) is 0 Å². The second-order valence-electron chi connectivity index (χ2n) is 3.05. The van der Waals surface area contributed by atoms with Gasteiger partial charge in [0.15, 0.2) is 0 Å². The van der Waals surface area contributed by atoms with Gasteiger partial charge in [0.1, 0.15) is 5.82 Å². The van der Waals surface area contributed by atoms with E-state index in [1.807, 2.05) is 24.3 Å². The van der Waals surface area contributed by atoms with Crippen molar-refractivity contribution in [1.82, 2.24) is 0 Å². The molecule has 0 aliphatic heterocycles. The molecule has 0 amide bonds. The van der Waals surface area contributed by atoms with Crippen molar-refractivity contribution in [1.29, 1.82) is 0 Å². The highest BCUT2D eigenvalue weighted by atomic mass is 32.1. The number of benzene rings is 2. The maximum Gasteiger partial charge on any atom is 0.123 e. The Kier molecular flexibility index (Phi) is 2.55. The van der Waals surface area contributed by atoms with Crippen LogP contribution in [0, 0.1) is 5.82 Å². The predicted octanol–water partition coefficient (Wildman–Crippen LogP) is 3.78. The fourth-order valence-electron chi connectivity index (χ4n) is 1.30. The van der Waals surface area contributed by atoms with Crippen molar-refractivity contribution in [2.45, 2.75) is 4.90 Å². The fourth-order valence-corrected chi connectivity index (χ4v) is 1.45. The molecule has 0 saturated heterocycles. The average molecular weight is 204 g/mol. The van der Waals surface area contributed by atoms with Gasteiger partial charge in [0.05, 0.1) is 0 Å². The van der Waals surface area contributed by atoms with Gasteiger partial charge >= 0.3 is 0 Å². The molecule has 14 heavy (non-hydrogen) atoms. The zero-order valence-electron chi connectivity index (χ0n) is 7.44. The van der Waals surface area contributed by atoms with Gasteiger partial charge in [-0.05, 0) is 35.4 Å². The Morgan fingerprint density at radius 2 is 1.14 bits per heavy atom. The molecule has 0 fully saturated rings. The van der Waals surface area contributed by atoms with Gasteiger partial charge in [-0.1, -0.05) is 24.3 Å². The maximum absolute atomic E-state index is 12.7. The van der Waals surface area contributed by atoms with E-state index in [2.05, 4.69) is 12.6 Å². The third-order valence-corrected chi connectivity index (χ3v) is 2.34.